The number of H-pyrrole nitrogens is 1. The molecule has 0 radical (unpaired) electrons. The minimum absolute atomic E-state index is 0.0905. The summed E-state index contributed by atoms with van der Waals surface area (Å²) in [7, 11) is 1.37. The van der Waals surface area contributed by atoms with Crippen molar-refractivity contribution in [2.45, 2.75) is 19.6 Å². The number of hydrogen-bond donors (Lipinski definition) is 1. The Bertz CT molecular complexity index is 698. The van der Waals surface area contributed by atoms with Gasteiger partial charge in [0.15, 0.2) is 0 Å². The third kappa shape index (κ3) is 2.90. The zero-order chi connectivity index (χ0) is 15.7. The Morgan fingerprint density at radius 2 is 2.32 bits per heavy atom. The van der Waals surface area contributed by atoms with E-state index in [-0.39, 0.29) is 12.1 Å². The van der Waals surface area contributed by atoms with E-state index >= 15 is 0 Å². The van der Waals surface area contributed by atoms with E-state index in [2.05, 4.69) is 9.88 Å². The molecule has 116 valence electrons. The quantitative estimate of drug-likeness (QED) is 0.882. The van der Waals surface area contributed by atoms with Crippen molar-refractivity contribution in [1.29, 1.82) is 0 Å². The van der Waals surface area contributed by atoms with Gasteiger partial charge in [-0.3, -0.25) is 0 Å². The first kappa shape index (κ1) is 14.8. The van der Waals surface area contributed by atoms with Gasteiger partial charge in [-0.15, -0.1) is 0 Å². The van der Waals surface area contributed by atoms with Crippen LogP contribution >= 0.6 is 11.6 Å². The van der Waals surface area contributed by atoms with Crippen LogP contribution in [0, 0.1) is 0 Å². The van der Waals surface area contributed by atoms with Crippen molar-refractivity contribution in [3.05, 3.63) is 46.7 Å². The molecule has 2 heterocycles. The molecule has 0 amide bonds. The van der Waals surface area contributed by atoms with Gasteiger partial charge in [0.05, 0.1) is 19.3 Å². The Kier molecular flexibility index (Phi) is 3.98. The maximum absolute atomic E-state index is 11.5. The second-order valence-electron chi connectivity index (χ2n) is 5.33. The molecule has 0 saturated heterocycles. The van der Waals surface area contributed by atoms with Crippen molar-refractivity contribution >= 4 is 23.3 Å². The summed E-state index contributed by atoms with van der Waals surface area (Å²) in [6.45, 7) is 3.45. The minimum atomic E-state index is -0.370. The van der Waals surface area contributed by atoms with Crippen molar-refractivity contribution < 1.29 is 14.3 Å². The molecular formula is C16H17ClN2O3. The minimum Gasteiger partial charge on any atom is -0.487 e. The van der Waals surface area contributed by atoms with E-state index in [0.717, 1.165) is 23.5 Å². The number of aromatic nitrogens is 1. The first-order chi connectivity index (χ1) is 10.6. The van der Waals surface area contributed by atoms with Gasteiger partial charge >= 0.3 is 5.97 Å². The maximum atomic E-state index is 11.5. The third-order valence-corrected chi connectivity index (χ3v) is 3.82. The lowest BCUT2D eigenvalue weighted by Crippen LogP contribution is -2.37. The van der Waals surface area contributed by atoms with Crippen molar-refractivity contribution in [2.24, 2.45) is 0 Å². The van der Waals surface area contributed by atoms with Crippen LogP contribution in [0.5, 0.6) is 5.75 Å². The van der Waals surface area contributed by atoms with Gasteiger partial charge in [0.25, 0.3) is 0 Å². The number of carbonyl (C=O) groups excluding carboxylic acids is 1. The molecule has 2 aromatic rings. The molecule has 22 heavy (non-hydrogen) atoms. The number of esters is 1. The van der Waals surface area contributed by atoms with Gasteiger partial charge in [0.1, 0.15) is 17.5 Å². The van der Waals surface area contributed by atoms with Crippen LogP contribution < -0.4 is 9.64 Å². The van der Waals surface area contributed by atoms with Crippen LogP contribution in [-0.2, 0) is 11.3 Å². The zero-order valence-electron chi connectivity index (χ0n) is 12.4. The maximum Gasteiger partial charge on any atom is 0.354 e. The average Bonchev–Trinajstić information content (AvgIpc) is 2.95. The van der Waals surface area contributed by atoms with Crippen LogP contribution in [0.1, 0.15) is 23.0 Å². The normalized spacial score (nSPS) is 16.9. The Morgan fingerprint density at radius 3 is 3.09 bits per heavy atom. The van der Waals surface area contributed by atoms with E-state index in [1.54, 1.807) is 6.07 Å². The predicted octanol–water partition coefficient (Wildman–Crippen LogP) is 3.24. The lowest BCUT2D eigenvalue weighted by Gasteiger charge is -2.35. The van der Waals surface area contributed by atoms with Crippen molar-refractivity contribution in [3.8, 4) is 5.75 Å². The number of anilines is 1. The fourth-order valence-electron chi connectivity index (χ4n) is 2.63. The number of ether oxygens (including phenoxy) is 2. The summed E-state index contributed by atoms with van der Waals surface area (Å²) in [5.74, 6) is 0.455. The number of nitrogens with one attached hydrogen (secondary N) is 1. The average molecular weight is 321 g/mol. The van der Waals surface area contributed by atoms with Crippen LogP contribution in [0.25, 0.3) is 0 Å². The van der Waals surface area contributed by atoms with Gasteiger partial charge < -0.3 is 19.4 Å². The highest BCUT2D eigenvalue weighted by atomic mass is 35.5. The highest BCUT2D eigenvalue weighted by molar-refractivity contribution is 6.30. The molecule has 0 bridgehead atoms. The third-order valence-electron chi connectivity index (χ3n) is 3.59. The van der Waals surface area contributed by atoms with Crippen LogP contribution in [0.3, 0.4) is 0 Å². The topological polar surface area (TPSA) is 54.6 Å². The van der Waals surface area contributed by atoms with E-state index in [1.165, 1.54) is 7.11 Å². The molecule has 0 fully saturated rings. The second-order valence-corrected chi connectivity index (χ2v) is 5.77. The first-order valence-electron chi connectivity index (χ1n) is 7.03. The number of carbonyl (C=O) groups is 1. The number of methoxy groups -OCH3 is 1. The standard InChI is InChI=1S/C16H17ClN2O3/c1-10-8-19(14-6-12(17)3-4-15(14)22-10)9-11-5-13(18-7-11)16(20)21-2/h3-7,10,18H,8-9H2,1-2H3/t10-/m1/s1. The zero-order valence-corrected chi connectivity index (χ0v) is 13.2. The molecular weight excluding hydrogens is 304 g/mol. The summed E-state index contributed by atoms with van der Waals surface area (Å²) in [6.07, 6.45) is 1.91. The SMILES string of the molecule is COC(=O)c1cc(CN2C[C@@H](C)Oc3ccc(Cl)cc32)c[nH]1. The Labute approximate surface area is 133 Å². The largest absolute Gasteiger partial charge is 0.487 e. The Hall–Kier alpha value is -2.14. The molecule has 1 N–H and O–H groups in total. The monoisotopic (exact) mass is 320 g/mol. The van der Waals surface area contributed by atoms with Crippen LogP contribution in [0.15, 0.2) is 30.5 Å². The van der Waals surface area contributed by atoms with E-state index in [1.807, 2.05) is 31.3 Å². The summed E-state index contributed by atoms with van der Waals surface area (Å²) < 4.78 is 10.5. The molecule has 3 rings (SSSR count). The van der Waals surface area contributed by atoms with Crippen molar-refractivity contribution in [3.63, 3.8) is 0 Å². The van der Waals surface area contributed by atoms with Gasteiger partial charge in [-0.25, -0.2) is 4.79 Å². The number of rotatable bonds is 3. The van der Waals surface area contributed by atoms with Crippen LogP contribution in [-0.4, -0.2) is 30.7 Å². The molecule has 0 unspecified atom stereocenters. The lowest BCUT2D eigenvalue weighted by molar-refractivity contribution is 0.0595. The molecule has 1 aliphatic rings. The number of hydrogen-bond acceptors (Lipinski definition) is 4. The van der Waals surface area contributed by atoms with Gasteiger partial charge in [-0.2, -0.15) is 0 Å². The van der Waals surface area contributed by atoms with Crippen molar-refractivity contribution in [1.82, 2.24) is 4.98 Å². The number of aromatic amines is 1. The van der Waals surface area contributed by atoms with E-state index < -0.39 is 0 Å². The Balaban J connectivity index is 1.85. The number of fused-ring (bicyclic) bond motifs is 1. The van der Waals surface area contributed by atoms with Crippen molar-refractivity contribution in [2.75, 3.05) is 18.6 Å². The van der Waals surface area contributed by atoms with E-state index in [0.29, 0.717) is 17.3 Å². The predicted molar refractivity (Wildman–Crippen MR) is 84.7 cm³/mol. The Morgan fingerprint density at radius 1 is 1.50 bits per heavy atom. The fraction of sp³-hybridized carbons (Fsp3) is 0.312. The fourth-order valence-corrected chi connectivity index (χ4v) is 2.79. The second kappa shape index (κ2) is 5.93. The number of halogens is 1. The summed E-state index contributed by atoms with van der Waals surface area (Å²) in [5.41, 5.74) is 2.41. The smallest absolute Gasteiger partial charge is 0.354 e. The van der Waals surface area contributed by atoms with Gasteiger partial charge in [-0.1, -0.05) is 11.6 Å². The summed E-state index contributed by atoms with van der Waals surface area (Å²) >= 11 is 6.10. The highest BCUT2D eigenvalue weighted by Crippen LogP contribution is 2.36. The molecule has 5 nitrogen and oxygen atoms in total. The molecule has 1 aromatic heterocycles. The molecule has 0 saturated carbocycles. The first-order valence-corrected chi connectivity index (χ1v) is 7.41. The van der Waals surface area contributed by atoms with Gasteiger partial charge in [0.2, 0.25) is 0 Å². The number of nitrogens with zero attached hydrogens (tertiary/aromatic N) is 1. The van der Waals surface area contributed by atoms with Gasteiger partial charge in [-0.05, 0) is 36.8 Å². The van der Waals surface area contributed by atoms with E-state index in [4.69, 9.17) is 21.1 Å². The molecule has 0 aliphatic carbocycles. The van der Waals surface area contributed by atoms with Crippen LogP contribution in [0.2, 0.25) is 5.02 Å². The molecule has 1 aliphatic heterocycles. The number of benzene rings is 1. The summed E-state index contributed by atoms with van der Waals surface area (Å²) in [6, 6.07) is 7.41. The molecule has 0 spiro atoms. The highest BCUT2D eigenvalue weighted by Gasteiger charge is 2.23. The molecule has 1 atom stereocenters. The molecule has 1 aromatic carbocycles. The summed E-state index contributed by atoms with van der Waals surface area (Å²) in [4.78, 5) is 16.6. The van der Waals surface area contributed by atoms with E-state index in [9.17, 15) is 4.79 Å². The van der Waals surface area contributed by atoms with Gasteiger partial charge in [0, 0.05) is 17.8 Å². The lowest BCUT2D eigenvalue weighted by atomic mass is 10.1. The molecule has 6 heteroatoms. The summed E-state index contributed by atoms with van der Waals surface area (Å²) in [5, 5.41) is 0.672. The van der Waals surface area contributed by atoms with Crippen LogP contribution in [0.4, 0.5) is 5.69 Å².